The number of amides is 2. The van der Waals surface area contributed by atoms with Gasteiger partial charge >= 0.3 is 0 Å². The number of halogens is 2. The van der Waals surface area contributed by atoms with E-state index in [0.29, 0.717) is 21.5 Å². The first kappa shape index (κ1) is 19.6. The van der Waals surface area contributed by atoms with E-state index in [1.54, 1.807) is 36.4 Å². The van der Waals surface area contributed by atoms with Gasteiger partial charge in [0, 0.05) is 5.02 Å². The predicted octanol–water partition coefficient (Wildman–Crippen LogP) is 2.39. The van der Waals surface area contributed by atoms with Gasteiger partial charge in [0.25, 0.3) is 11.8 Å². The zero-order valence-electron chi connectivity index (χ0n) is 13.4. The molecule has 26 heavy (non-hydrogen) atoms. The highest BCUT2D eigenvalue weighted by Gasteiger charge is 2.05. The van der Waals surface area contributed by atoms with Crippen molar-refractivity contribution in [3.8, 4) is 11.5 Å². The van der Waals surface area contributed by atoms with Gasteiger partial charge in [0.15, 0.2) is 13.2 Å². The molecular formula is C17H15Cl2N3O4. The molecule has 0 saturated carbocycles. The molecule has 0 atom stereocenters. The summed E-state index contributed by atoms with van der Waals surface area (Å²) in [6.07, 6.45) is 1.45. The molecule has 3 N–H and O–H groups in total. The number of carbonyl (C=O) groups is 2. The number of nitrogens with one attached hydrogen (secondary N) is 1. The summed E-state index contributed by atoms with van der Waals surface area (Å²) in [6.45, 7) is -0.445. The summed E-state index contributed by atoms with van der Waals surface area (Å²) in [5.41, 5.74) is 8.04. The summed E-state index contributed by atoms with van der Waals surface area (Å²) >= 11 is 11.7. The van der Waals surface area contributed by atoms with Crippen LogP contribution in [-0.4, -0.2) is 31.2 Å². The number of ether oxygens (including phenoxy) is 2. The van der Waals surface area contributed by atoms with Crippen LogP contribution in [0.2, 0.25) is 10.0 Å². The first-order valence-corrected chi connectivity index (χ1v) is 8.10. The highest BCUT2D eigenvalue weighted by atomic mass is 35.5. The van der Waals surface area contributed by atoms with E-state index in [0.717, 1.165) is 5.56 Å². The van der Waals surface area contributed by atoms with E-state index in [2.05, 4.69) is 10.5 Å². The molecule has 0 aliphatic carbocycles. The maximum atomic E-state index is 11.7. The van der Waals surface area contributed by atoms with Crippen molar-refractivity contribution < 1.29 is 19.1 Å². The van der Waals surface area contributed by atoms with Crippen molar-refractivity contribution in [2.45, 2.75) is 0 Å². The molecule has 0 bridgehead atoms. The molecule has 0 saturated heterocycles. The second kappa shape index (κ2) is 9.65. The van der Waals surface area contributed by atoms with Crippen LogP contribution in [0.1, 0.15) is 5.56 Å². The summed E-state index contributed by atoms with van der Waals surface area (Å²) in [7, 11) is 0. The van der Waals surface area contributed by atoms with E-state index in [9.17, 15) is 9.59 Å². The highest BCUT2D eigenvalue weighted by Crippen LogP contribution is 2.27. The first-order chi connectivity index (χ1) is 12.4. The van der Waals surface area contributed by atoms with Crippen LogP contribution in [0, 0.1) is 0 Å². The lowest BCUT2D eigenvalue weighted by molar-refractivity contribution is -0.123. The Labute approximate surface area is 159 Å². The van der Waals surface area contributed by atoms with Crippen molar-refractivity contribution in [1.82, 2.24) is 5.43 Å². The van der Waals surface area contributed by atoms with Gasteiger partial charge in [-0.25, -0.2) is 5.43 Å². The van der Waals surface area contributed by atoms with Gasteiger partial charge in [-0.3, -0.25) is 9.59 Å². The van der Waals surface area contributed by atoms with Crippen molar-refractivity contribution in [2.75, 3.05) is 13.2 Å². The Kier molecular flexibility index (Phi) is 7.25. The Morgan fingerprint density at radius 1 is 1.08 bits per heavy atom. The molecule has 0 aromatic heterocycles. The summed E-state index contributed by atoms with van der Waals surface area (Å²) in [6, 6.07) is 11.4. The Balaban J connectivity index is 1.78. The zero-order valence-corrected chi connectivity index (χ0v) is 15.0. The number of hydrogen-bond acceptors (Lipinski definition) is 5. The Hall–Kier alpha value is -2.77. The molecule has 0 spiro atoms. The quantitative estimate of drug-likeness (QED) is 0.528. The summed E-state index contributed by atoms with van der Waals surface area (Å²) in [5.74, 6) is -0.158. The fourth-order valence-corrected chi connectivity index (χ4v) is 2.21. The average molecular weight is 396 g/mol. The maximum Gasteiger partial charge on any atom is 0.277 e. The molecule has 9 heteroatoms. The van der Waals surface area contributed by atoms with Crippen LogP contribution in [0.25, 0.3) is 0 Å². The molecule has 136 valence electrons. The van der Waals surface area contributed by atoms with E-state index in [4.69, 9.17) is 38.4 Å². The van der Waals surface area contributed by atoms with Gasteiger partial charge in [-0.1, -0.05) is 23.2 Å². The molecule has 0 fully saturated rings. The largest absolute Gasteiger partial charge is 0.484 e. The summed E-state index contributed by atoms with van der Waals surface area (Å²) in [4.78, 5) is 22.3. The van der Waals surface area contributed by atoms with Crippen molar-refractivity contribution in [3.05, 3.63) is 58.1 Å². The van der Waals surface area contributed by atoms with E-state index in [1.165, 1.54) is 12.3 Å². The predicted molar refractivity (Wildman–Crippen MR) is 98.8 cm³/mol. The van der Waals surface area contributed by atoms with Crippen molar-refractivity contribution in [3.63, 3.8) is 0 Å². The molecule has 0 aliphatic rings. The minimum absolute atomic E-state index is 0.193. The molecular weight excluding hydrogens is 381 g/mol. The minimum atomic E-state index is -0.555. The highest BCUT2D eigenvalue weighted by molar-refractivity contribution is 6.35. The van der Waals surface area contributed by atoms with Gasteiger partial charge in [0.2, 0.25) is 0 Å². The number of hydrazone groups is 1. The van der Waals surface area contributed by atoms with Crippen LogP contribution in [0.15, 0.2) is 47.6 Å². The number of hydrogen-bond donors (Lipinski definition) is 2. The van der Waals surface area contributed by atoms with E-state index in [-0.39, 0.29) is 13.2 Å². The molecule has 0 heterocycles. The number of nitrogens with zero attached hydrogens (tertiary/aromatic N) is 1. The number of benzene rings is 2. The van der Waals surface area contributed by atoms with Crippen LogP contribution in [-0.2, 0) is 9.59 Å². The smallest absolute Gasteiger partial charge is 0.277 e. The third-order valence-corrected chi connectivity index (χ3v) is 3.45. The molecule has 0 aliphatic heterocycles. The molecule has 7 nitrogen and oxygen atoms in total. The monoisotopic (exact) mass is 395 g/mol. The van der Waals surface area contributed by atoms with Crippen LogP contribution >= 0.6 is 23.2 Å². The van der Waals surface area contributed by atoms with E-state index >= 15 is 0 Å². The number of rotatable bonds is 8. The molecule has 0 radical (unpaired) electrons. The van der Waals surface area contributed by atoms with Gasteiger partial charge < -0.3 is 15.2 Å². The number of nitrogens with two attached hydrogens (primary N) is 1. The lowest BCUT2D eigenvalue weighted by Crippen LogP contribution is -2.24. The number of carbonyl (C=O) groups excluding carboxylic acids is 2. The maximum absolute atomic E-state index is 11.7. The fourth-order valence-electron chi connectivity index (χ4n) is 1.75. The van der Waals surface area contributed by atoms with Crippen molar-refractivity contribution >= 4 is 41.2 Å². The van der Waals surface area contributed by atoms with Gasteiger partial charge in [0.1, 0.15) is 11.5 Å². The van der Waals surface area contributed by atoms with Crippen LogP contribution in [0.4, 0.5) is 0 Å². The SMILES string of the molecule is NC(=O)COc1ccc(/C=N\NC(=O)COc2ccc(Cl)cc2Cl)cc1. The lowest BCUT2D eigenvalue weighted by atomic mass is 10.2. The van der Waals surface area contributed by atoms with Gasteiger partial charge in [-0.15, -0.1) is 0 Å². The summed E-state index contributed by atoms with van der Waals surface area (Å²) in [5, 5.41) is 4.61. The fraction of sp³-hybridized carbons (Fsp3) is 0.118. The Morgan fingerprint density at radius 3 is 2.46 bits per heavy atom. The van der Waals surface area contributed by atoms with Crippen molar-refractivity contribution in [1.29, 1.82) is 0 Å². The van der Waals surface area contributed by atoms with E-state index < -0.39 is 11.8 Å². The molecule has 0 unspecified atom stereocenters. The molecule has 2 rings (SSSR count). The normalized spacial score (nSPS) is 10.5. The first-order valence-electron chi connectivity index (χ1n) is 7.35. The van der Waals surface area contributed by atoms with Gasteiger partial charge in [-0.2, -0.15) is 5.10 Å². The van der Waals surface area contributed by atoms with Crippen LogP contribution in [0.5, 0.6) is 11.5 Å². The third kappa shape index (κ3) is 6.62. The number of primary amides is 1. The van der Waals surface area contributed by atoms with E-state index in [1.807, 2.05) is 0 Å². The second-order valence-electron chi connectivity index (χ2n) is 4.98. The minimum Gasteiger partial charge on any atom is -0.484 e. The van der Waals surface area contributed by atoms with Gasteiger partial charge in [0.05, 0.1) is 11.2 Å². The van der Waals surface area contributed by atoms with Crippen molar-refractivity contribution in [2.24, 2.45) is 10.8 Å². The summed E-state index contributed by atoms with van der Waals surface area (Å²) < 4.78 is 10.4. The van der Waals surface area contributed by atoms with Gasteiger partial charge in [-0.05, 0) is 48.0 Å². The lowest BCUT2D eigenvalue weighted by Gasteiger charge is -2.07. The standard InChI is InChI=1S/C17H15Cl2N3O4/c18-12-3-6-15(14(19)7-12)26-10-17(24)22-21-8-11-1-4-13(5-2-11)25-9-16(20)23/h1-8H,9-10H2,(H2,20,23)(H,22,24)/b21-8-. The topological polar surface area (TPSA) is 103 Å². The third-order valence-electron chi connectivity index (χ3n) is 2.92. The van der Waals surface area contributed by atoms with Crippen LogP contribution < -0.4 is 20.6 Å². The Bertz CT molecular complexity index is 810. The average Bonchev–Trinajstić information content (AvgIpc) is 2.60. The van der Waals surface area contributed by atoms with Crippen LogP contribution in [0.3, 0.4) is 0 Å². The molecule has 2 aromatic carbocycles. The molecule has 2 aromatic rings. The Morgan fingerprint density at radius 2 is 1.81 bits per heavy atom. The zero-order chi connectivity index (χ0) is 18.9. The second-order valence-corrected chi connectivity index (χ2v) is 5.82. The molecule has 2 amide bonds.